The minimum Gasteiger partial charge on any atom is -0.283 e. The lowest BCUT2D eigenvalue weighted by Gasteiger charge is -2.00. The summed E-state index contributed by atoms with van der Waals surface area (Å²) in [6.45, 7) is 2.26. The maximum atomic E-state index is 5.40. The van der Waals surface area contributed by atoms with E-state index >= 15 is 0 Å². The summed E-state index contributed by atoms with van der Waals surface area (Å²) in [5.74, 6) is 1.10. The van der Waals surface area contributed by atoms with E-state index in [1.54, 1.807) is 0 Å². The fourth-order valence-electron chi connectivity index (χ4n) is 1.99. The van der Waals surface area contributed by atoms with Crippen molar-refractivity contribution >= 4 is 11.8 Å². The van der Waals surface area contributed by atoms with Crippen molar-refractivity contribution in [3.8, 4) is 0 Å². The van der Waals surface area contributed by atoms with E-state index in [2.05, 4.69) is 22.1 Å². The van der Waals surface area contributed by atoms with Crippen molar-refractivity contribution in [2.24, 2.45) is 15.2 Å². The first kappa shape index (κ1) is 14.0. The monoisotopic (exact) mass is 237 g/mol. The first-order valence-corrected chi connectivity index (χ1v) is 6.94. The predicted octanol–water partition coefficient (Wildman–Crippen LogP) is 2.89. The van der Waals surface area contributed by atoms with Gasteiger partial charge >= 0.3 is 5.96 Å². The molecule has 1 aliphatic rings. The smallest absolute Gasteiger partial charge is 0.283 e. The van der Waals surface area contributed by atoms with E-state index in [9.17, 15) is 0 Å². The van der Waals surface area contributed by atoms with Crippen LogP contribution in [0.4, 0.5) is 0 Å². The van der Waals surface area contributed by atoms with Gasteiger partial charge in [-0.15, -0.1) is 0 Å². The highest BCUT2D eigenvalue weighted by Gasteiger charge is 2.15. The molecular formula is C13H25N4+. The van der Waals surface area contributed by atoms with Crippen molar-refractivity contribution in [3.63, 3.8) is 0 Å². The molecule has 0 unspecified atom stereocenters. The van der Waals surface area contributed by atoms with E-state index in [0.717, 1.165) is 18.7 Å². The zero-order valence-electron chi connectivity index (χ0n) is 11.0. The molecule has 0 aromatic carbocycles. The highest BCUT2D eigenvalue weighted by Crippen LogP contribution is 2.11. The largest absolute Gasteiger partial charge is 0.448 e. The van der Waals surface area contributed by atoms with Gasteiger partial charge in [0.25, 0.3) is 0 Å². The van der Waals surface area contributed by atoms with Crippen LogP contribution in [0, 0.1) is 0 Å². The van der Waals surface area contributed by atoms with E-state index in [0.29, 0.717) is 5.96 Å². The molecule has 1 rings (SSSR count). The quantitative estimate of drug-likeness (QED) is 0.568. The summed E-state index contributed by atoms with van der Waals surface area (Å²) in [5.41, 5.74) is 0. The first-order chi connectivity index (χ1) is 8.33. The van der Waals surface area contributed by atoms with Crippen LogP contribution in [-0.4, -0.2) is 11.8 Å². The fourth-order valence-corrected chi connectivity index (χ4v) is 1.99. The van der Waals surface area contributed by atoms with E-state index in [4.69, 9.17) is 5.41 Å². The third kappa shape index (κ3) is 6.97. The Kier molecular flexibility index (Phi) is 7.43. The number of unbranched alkanes of at least 4 members (excludes halogenated alkanes) is 8. The van der Waals surface area contributed by atoms with Crippen LogP contribution in [0.3, 0.4) is 0 Å². The second kappa shape index (κ2) is 9.02. The van der Waals surface area contributed by atoms with Gasteiger partial charge in [0.15, 0.2) is 0 Å². The highest BCUT2D eigenvalue weighted by molar-refractivity contribution is 5.98. The minimum absolute atomic E-state index is 0.302. The molecule has 96 valence electrons. The van der Waals surface area contributed by atoms with Gasteiger partial charge in [0.2, 0.25) is 5.84 Å². The maximum absolute atomic E-state index is 5.40. The van der Waals surface area contributed by atoms with Crippen LogP contribution in [0.15, 0.2) is 15.2 Å². The summed E-state index contributed by atoms with van der Waals surface area (Å²) >= 11 is 0. The topological polar surface area (TPSA) is 62.7 Å². The molecule has 0 saturated heterocycles. The molecule has 1 heterocycles. The van der Waals surface area contributed by atoms with Gasteiger partial charge in [-0.25, -0.2) is 0 Å². The van der Waals surface area contributed by atoms with Crippen molar-refractivity contribution in [1.29, 1.82) is 0 Å². The molecule has 4 heteroatoms. The van der Waals surface area contributed by atoms with Crippen molar-refractivity contribution in [2.45, 2.75) is 71.1 Å². The molecule has 1 aliphatic heterocycles. The molecule has 0 amide bonds. The molecule has 2 N–H and O–H groups in total. The van der Waals surface area contributed by atoms with E-state index in [-0.39, 0.29) is 0 Å². The number of hydrogen-bond donors (Lipinski definition) is 1. The second-order valence-corrected chi connectivity index (χ2v) is 4.66. The molecule has 17 heavy (non-hydrogen) atoms. The number of guanidine groups is 1. The van der Waals surface area contributed by atoms with Crippen LogP contribution in [0.2, 0.25) is 0 Å². The summed E-state index contributed by atoms with van der Waals surface area (Å²) in [6, 6.07) is 0. The summed E-state index contributed by atoms with van der Waals surface area (Å²) in [6.07, 6.45) is 13.0. The number of aliphatic imine (C=N–C) groups is 1. The molecule has 0 atom stereocenters. The Balaban J connectivity index is 1.83. The second-order valence-electron chi connectivity index (χ2n) is 4.66. The number of nitrogens with zero attached hydrogens (tertiary/aromatic N) is 3. The molecule has 0 aliphatic carbocycles. The molecule has 0 aromatic heterocycles. The van der Waals surface area contributed by atoms with Crippen LogP contribution >= 0.6 is 0 Å². The van der Waals surface area contributed by atoms with Crippen LogP contribution in [0.1, 0.15) is 71.1 Å². The van der Waals surface area contributed by atoms with Crippen LogP contribution in [0.5, 0.6) is 0 Å². The van der Waals surface area contributed by atoms with Gasteiger partial charge in [-0.1, -0.05) is 58.3 Å². The van der Waals surface area contributed by atoms with Gasteiger partial charge in [0.1, 0.15) is 0 Å². The molecule has 0 aromatic rings. The van der Waals surface area contributed by atoms with Crippen LogP contribution in [0.25, 0.3) is 0 Å². The summed E-state index contributed by atoms with van der Waals surface area (Å²) in [4.78, 5) is 4.03. The summed E-state index contributed by atoms with van der Waals surface area (Å²) in [7, 11) is 0. The summed E-state index contributed by atoms with van der Waals surface area (Å²) in [5, 5.41) is 13.0. The van der Waals surface area contributed by atoms with Gasteiger partial charge in [-0.3, -0.25) is 5.41 Å². The highest BCUT2D eigenvalue weighted by atomic mass is 15.3. The molecule has 0 saturated carbocycles. The van der Waals surface area contributed by atoms with Crippen molar-refractivity contribution < 1.29 is 5.41 Å². The van der Waals surface area contributed by atoms with Gasteiger partial charge < -0.3 is 0 Å². The molecule has 0 fully saturated rings. The third-order valence-electron chi connectivity index (χ3n) is 3.02. The normalized spacial score (nSPS) is 14.4. The lowest BCUT2D eigenvalue weighted by molar-refractivity contribution is -0.116. The first-order valence-electron chi connectivity index (χ1n) is 6.94. The zero-order valence-corrected chi connectivity index (χ0v) is 11.0. The number of azo groups is 1. The lowest BCUT2D eigenvalue weighted by atomic mass is 10.1. The number of amidine groups is 1. The third-order valence-corrected chi connectivity index (χ3v) is 3.02. The molecule has 0 spiro atoms. The predicted molar refractivity (Wildman–Crippen MR) is 71.1 cm³/mol. The number of rotatable bonds is 10. The van der Waals surface area contributed by atoms with Crippen LogP contribution < -0.4 is 5.41 Å². The van der Waals surface area contributed by atoms with E-state index < -0.39 is 0 Å². The molecule has 4 nitrogen and oxygen atoms in total. The number of nitrogens with two attached hydrogens (primary N) is 1. The average Bonchev–Trinajstić information content (AvgIpc) is 2.73. The Bertz CT molecular complexity index is 281. The summed E-state index contributed by atoms with van der Waals surface area (Å²) < 4.78 is 0. The Morgan fingerprint density at radius 1 is 0.824 bits per heavy atom. The van der Waals surface area contributed by atoms with Gasteiger partial charge in [-0.05, 0) is 16.5 Å². The average molecular weight is 237 g/mol. The Labute approximate surface area is 104 Å². The standard InChI is InChI=1S/C13H24N4/c1-2-3-4-5-6-7-8-9-10-11-12-15-13(14)17-16-12/h14H,2-11H2,1H3/p+1. The van der Waals surface area contributed by atoms with E-state index in [1.165, 1.54) is 51.4 Å². The Hall–Kier alpha value is -1.06. The Morgan fingerprint density at radius 3 is 1.94 bits per heavy atom. The SMILES string of the molecule is CCCCCCCCCCCC1=NC(=[NH2+])N=N1. The van der Waals surface area contributed by atoms with Gasteiger partial charge in [0.05, 0.1) is 5.11 Å². The molecular weight excluding hydrogens is 212 g/mol. The van der Waals surface area contributed by atoms with E-state index in [1.807, 2.05) is 0 Å². The molecule has 0 bridgehead atoms. The Morgan fingerprint density at radius 2 is 1.41 bits per heavy atom. The zero-order chi connectivity index (χ0) is 12.3. The van der Waals surface area contributed by atoms with Crippen LogP contribution in [-0.2, 0) is 0 Å². The lowest BCUT2D eigenvalue weighted by Crippen LogP contribution is -2.36. The van der Waals surface area contributed by atoms with Crippen molar-refractivity contribution in [3.05, 3.63) is 0 Å². The van der Waals surface area contributed by atoms with Gasteiger partial charge in [0, 0.05) is 6.42 Å². The van der Waals surface area contributed by atoms with Gasteiger partial charge in [-0.2, -0.15) is 0 Å². The number of hydrogen-bond acceptors (Lipinski definition) is 1. The minimum atomic E-state index is 0.302. The van der Waals surface area contributed by atoms with Crippen molar-refractivity contribution in [1.82, 2.24) is 0 Å². The van der Waals surface area contributed by atoms with Crippen molar-refractivity contribution in [2.75, 3.05) is 0 Å². The molecule has 0 radical (unpaired) electrons. The fraction of sp³-hybridized carbons (Fsp3) is 0.846. The maximum Gasteiger partial charge on any atom is 0.448 e.